The van der Waals surface area contributed by atoms with Gasteiger partial charge in [-0.3, -0.25) is 0 Å². The molecule has 0 atom stereocenters. The molecule has 142 valence electrons. The van der Waals surface area contributed by atoms with Gasteiger partial charge >= 0.3 is 0 Å². The second-order valence-electron chi connectivity index (χ2n) is 5.55. The molecule has 26 heavy (non-hydrogen) atoms. The van der Waals surface area contributed by atoms with Crippen LogP contribution in [0.2, 0.25) is 0 Å². The number of rotatable bonds is 13. The Labute approximate surface area is 156 Å². The molecular weight excluding hydrogens is 330 g/mol. The summed E-state index contributed by atoms with van der Waals surface area (Å²) in [5, 5.41) is 3.44. The van der Waals surface area contributed by atoms with Crippen molar-refractivity contribution in [3.05, 3.63) is 54.1 Å². The molecule has 0 bridgehead atoms. The Morgan fingerprint density at radius 1 is 0.692 bits per heavy atom. The van der Waals surface area contributed by atoms with Crippen molar-refractivity contribution in [2.75, 3.05) is 45.0 Å². The van der Waals surface area contributed by atoms with Crippen molar-refractivity contribution in [3.63, 3.8) is 0 Å². The Kier molecular flexibility index (Phi) is 9.40. The standard InChI is InChI=1S/C21H29NO4/c1-3-23-13-15-25-20-11-7-5-9-18(20)17-22-19-10-6-8-12-21(19)26-16-14-24-4-2/h5-12,22H,3-4,13-17H2,1-2H3. The molecule has 0 unspecified atom stereocenters. The largest absolute Gasteiger partial charge is 0.491 e. The smallest absolute Gasteiger partial charge is 0.142 e. The molecule has 2 aromatic rings. The fourth-order valence-electron chi connectivity index (χ4n) is 2.43. The Balaban J connectivity index is 1.92. The van der Waals surface area contributed by atoms with Crippen molar-refractivity contribution >= 4 is 5.69 Å². The van der Waals surface area contributed by atoms with Crippen LogP contribution in [0.1, 0.15) is 19.4 Å². The van der Waals surface area contributed by atoms with E-state index in [2.05, 4.69) is 11.4 Å². The van der Waals surface area contributed by atoms with Crippen LogP contribution in [0.5, 0.6) is 11.5 Å². The molecular formula is C21H29NO4. The molecule has 0 radical (unpaired) electrons. The highest BCUT2D eigenvalue weighted by molar-refractivity contribution is 5.56. The number of para-hydroxylation sites is 3. The second-order valence-corrected chi connectivity index (χ2v) is 5.55. The lowest BCUT2D eigenvalue weighted by Crippen LogP contribution is -2.10. The predicted molar refractivity (Wildman–Crippen MR) is 104 cm³/mol. The van der Waals surface area contributed by atoms with Crippen molar-refractivity contribution < 1.29 is 18.9 Å². The van der Waals surface area contributed by atoms with Crippen LogP contribution in [0.3, 0.4) is 0 Å². The molecule has 1 N–H and O–H groups in total. The minimum Gasteiger partial charge on any atom is -0.491 e. The van der Waals surface area contributed by atoms with E-state index in [1.165, 1.54) is 0 Å². The Morgan fingerprint density at radius 2 is 1.27 bits per heavy atom. The van der Waals surface area contributed by atoms with Crippen LogP contribution < -0.4 is 14.8 Å². The zero-order valence-electron chi connectivity index (χ0n) is 15.7. The maximum absolute atomic E-state index is 5.84. The predicted octanol–water partition coefficient (Wildman–Crippen LogP) is 4.13. The van der Waals surface area contributed by atoms with Gasteiger partial charge in [-0.15, -0.1) is 0 Å². The van der Waals surface area contributed by atoms with Gasteiger partial charge in [-0.1, -0.05) is 30.3 Å². The van der Waals surface area contributed by atoms with E-state index in [1.807, 2.05) is 56.3 Å². The van der Waals surface area contributed by atoms with Gasteiger partial charge in [0, 0.05) is 25.3 Å². The lowest BCUT2D eigenvalue weighted by atomic mass is 10.2. The third-order valence-corrected chi connectivity index (χ3v) is 3.71. The molecule has 0 aliphatic rings. The van der Waals surface area contributed by atoms with E-state index in [4.69, 9.17) is 18.9 Å². The zero-order chi connectivity index (χ0) is 18.5. The summed E-state index contributed by atoms with van der Waals surface area (Å²) >= 11 is 0. The first-order valence-corrected chi connectivity index (χ1v) is 9.17. The summed E-state index contributed by atoms with van der Waals surface area (Å²) in [5.41, 5.74) is 2.04. The molecule has 2 rings (SSSR count). The minimum absolute atomic E-state index is 0.531. The van der Waals surface area contributed by atoms with Crippen molar-refractivity contribution in [1.82, 2.24) is 0 Å². The van der Waals surface area contributed by atoms with Crippen LogP contribution in [0.25, 0.3) is 0 Å². The van der Waals surface area contributed by atoms with E-state index in [0.29, 0.717) is 46.2 Å². The van der Waals surface area contributed by atoms with Gasteiger partial charge in [0.25, 0.3) is 0 Å². The van der Waals surface area contributed by atoms with Crippen LogP contribution in [-0.4, -0.2) is 39.6 Å². The monoisotopic (exact) mass is 359 g/mol. The fraction of sp³-hybridized carbons (Fsp3) is 0.429. The molecule has 0 fully saturated rings. The van der Waals surface area contributed by atoms with Gasteiger partial charge in [0.15, 0.2) is 0 Å². The van der Waals surface area contributed by atoms with Gasteiger partial charge in [-0.25, -0.2) is 0 Å². The van der Waals surface area contributed by atoms with Gasteiger partial charge in [0.05, 0.1) is 18.9 Å². The molecule has 0 aliphatic heterocycles. The molecule has 0 aromatic heterocycles. The van der Waals surface area contributed by atoms with E-state index in [-0.39, 0.29) is 0 Å². The number of anilines is 1. The third kappa shape index (κ3) is 6.94. The fourth-order valence-corrected chi connectivity index (χ4v) is 2.43. The SMILES string of the molecule is CCOCCOc1ccccc1CNc1ccccc1OCCOCC. The molecule has 5 heteroatoms. The number of hydrogen-bond acceptors (Lipinski definition) is 5. The Bertz CT molecular complexity index is 577. The van der Waals surface area contributed by atoms with Gasteiger partial charge in [0.2, 0.25) is 0 Å². The Morgan fingerprint density at radius 3 is 1.96 bits per heavy atom. The summed E-state index contributed by atoms with van der Waals surface area (Å²) < 4.78 is 22.3. The lowest BCUT2D eigenvalue weighted by Gasteiger charge is -2.15. The van der Waals surface area contributed by atoms with Crippen LogP contribution >= 0.6 is 0 Å². The quantitative estimate of drug-likeness (QED) is 0.545. The first kappa shape index (κ1) is 20.1. The van der Waals surface area contributed by atoms with Crippen LogP contribution in [0.15, 0.2) is 48.5 Å². The number of benzene rings is 2. The minimum atomic E-state index is 0.531. The molecule has 0 saturated heterocycles. The number of hydrogen-bond donors (Lipinski definition) is 1. The van der Waals surface area contributed by atoms with Gasteiger partial charge in [-0.05, 0) is 32.0 Å². The number of nitrogens with one attached hydrogen (secondary N) is 1. The molecule has 0 spiro atoms. The molecule has 2 aromatic carbocycles. The summed E-state index contributed by atoms with van der Waals surface area (Å²) in [5.74, 6) is 1.69. The average molecular weight is 359 g/mol. The Hall–Kier alpha value is -2.24. The highest BCUT2D eigenvalue weighted by Crippen LogP contribution is 2.26. The second kappa shape index (κ2) is 12.2. The molecule has 0 saturated carbocycles. The maximum atomic E-state index is 5.84. The van der Waals surface area contributed by atoms with Crippen molar-refractivity contribution in [2.45, 2.75) is 20.4 Å². The van der Waals surface area contributed by atoms with Crippen molar-refractivity contribution in [2.24, 2.45) is 0 Å². The molecule has 0 heterocycles. The van der Waals surface area contributed by atoms with E-state index < -0.39 is 0 Å². The van der Waals surface area contributed by atoms with E-state index in [0.717, 1.165) is 22.7 Å². The highest BCUT2D eigenvalue weighted by Gasteiger charge is 2.06. The first-order valence-electron chi connectivity index (χ1n) is 9.17. The van der Waals surface area contributed by atoms with E-state index in [1.54, 1.807) is 0 Å². The van der Waals surface area contributed by atoms with Crippen LogP contribution in [-0.2, 0) is 16.0 Å². The summed E-state index contributed by atoms with van der Waals surface area (Å²) in [4.78, 5) is 0. The molecule has 5 nitrogen and oxygen atoms in total. The van der Waals surface area contributed by atoms with Crippen molar-refractivity contribution in [1.29, 1.82) is 0 Å². The van der Waals surface area contributed by atoms with Crippen LogP contribution in [0.4, 0.5) is 5.69 Å². The van der Waals surface area contributed by atoms with Crippen molar-refractivity contribution in [3.8, 4) is 11.5 Å². The van der Waals surface area contributed by atoms with E-state index in [9.17, 15) is 0 Å². The summed E-state index contributed by atoms with van der Waals surface area (Å²) in [6.07, 6.45) is 0. The van der Waals surface area contributed by atoms with Gasteiger partial charge < -0.3 is 24.3 Å². The maximum Gasteiger partial charge on any atom is 0.142 e. The topological polar surface area (TPSA) is 49.0 Å². The third-order valence-electron chi connectivity index (χ3n) is 3.71. The molecule has 0 aliphatic carbocycles. The van der Waals surface area contributed by atoms with Gasteiger partial charge in [0.1, 0.15) is 24.7 Å². The summed E-state index contributed by atoms with van der Waals surface area (Å²) in [6, 6.07) is 15.9. The first-order chi connectivity index (χ1) is 12.8. The summed E-state index contributed by atoms with van der Waals surface area (Å²) in [6.45, 7) is 8.25. The average Bonchev–Trinajstić information content (AvgIpc) is 2.68. The van der Waals surface area contributed by atoms with E-state index >= 15 is 0 Å². The zero-order valence-corrected chi connectivity index (χ0v) is 15.7. The number of ether oxygens (including phenoxy) is 4. The van der Waals surface area contributed by atoms with Gasteiger partial charge in [-0.2, -0.15) is 0 Å². The van der Waals surface area contributed by atoms with Crippen LogP contribution in [0, 0.1) is 0 Å². The molecule has 0 amide bonds. The highest BCUT2D eigenvalue weighted by atomic mass is 16.5. The summed E-state index contributed by atoms with van der Waals surface area (Å²) in [7, 11) is 0. The lowest BCUT2D eigenvalue weighted by molar-refractivity contribution is 0.110. The normalized spacial score (nSPS) is 10.5.